The third kappa shape index (κ3) is 17.7. The van der Waals surface area contributed by atoms with Crippen LogP contribution in [0.2, 0.25) is 0 Å². The van der Waals surface area contributed by atoms with E-state index in [9.17, 15) is 0 Å². The summed E-state index contributed by atoms with van der Waals surface area (Å²) in [5.74, 6) is 0. The molecular formula is C7H18O4. The molecule has 4 nitrogen and oxygen atoms in total. The fourth-order valence-electron chi connectivity index (χ4n) is 0.129. The molecule has 0 aromatic carbocycles. The van der Waals surface area contributed by atoms with Crippen LogP contribution in [0.4, 0.5) is 0 Å². The topological polar surface area (TPSA) is 80.9 Å². The summed E-state index contributed by atoms with van der Waals surface area (Å²) >= 11 is 0. The highest BCUT2D eigenvalue weighted by molar-refractivity contribution is 4.43. The molecule has 0 spiro atoms. The highest BCUT2D eigenvalue weighted by Gasteiger charge is 1.92. The maximum Gasteiger partial charge on any atom is 0.0768 e. The molecule has 11 heavy (non-hydrogen) atoms. The Bertz CT molecular complexity index is 61.5. The van der Waals surface area contributed by atoms with E-state index in [1.165, 1.54) is 6.92 Å². The molecule has 0 heterocycles. The first-order chi connectivity index (χ1) is 5.08. The Balaban J connectivity index is 0. The summed E-state index contributed by atoms with van der Waals surface area (Å²) in [4.78, 5) is 0. The zero-order chi connectivity index (χ0) is 9.28. The van der Waals surface area contributed by atoms with Crippen LogP contribution >= 0.6 is 0 Å². The van der Waals surface area contributed by atoms with E-state index in [4.69, 9.17) is 20.4 Å². The van der Waals surface area contributed by atoms with Gasteiger partial charge >= 0.3 is 0 Å². The lowest BCUT2D eigenvalue weighted by Gasteiger charge is -1.97. The fraction of sp³-hybridized carbons (Fsp3) is 1.00. The van der Waals surface area contributed by atoms with Gasteiger partial charge in [-0.3, -0.25) is 0 Å². The fourth-order valence-corrected chi connectivity index (χ4v) is 0.129. The predicted octanol–water partition coefficient (Wildman–Crippen LogP) is -0.891. The lowest BCUT2D eigenvalue weighted by atomic mass is 10.3. The van der Waals surface area contributed by atoms with Crippen LogP contribution in [0.5, 0.6) is 0 Å². The summed E-state index contributed by atoms with van der Waals surface area (Å²) in [6.45, 7) is 3.09. The lowest BCUT2D eigenvalue weighted by Crippen LogP contribution is -2.08. The smallest absolute Gasteiger partial charge is 0.0768 e. The average molecular weight is 166 g/mol. The van der Waals surface area contributed by atoms with Crippen LogP contribution < -0.4 is 0 Å². The Morgan fingerprint density at radius 2 is 1.45 bits per heavy atom. The number of hydrogen-bond donors (Lipinski definition) is 4. The Morgan fingerprint density at radius 1 is 1.09 bits per heavy atom. The second-order valence-electron chi connectivity index (χ2n) is 2.28. The molecule has 0 saturated carbocycles. The second kappa shape index (κ2) is 9.84. The largest absolute Gasteiger partial charge is 0.394 e. The SMILES string of the molecule is CC[C@@H](O)CO.C[C@H](O)CO. The van der Waals surface area contributed by atoms with Crippen LogP contribution in [0.1, 0.15) is 20.3 Å². The van der Waals surface area contributed by atoms with Gasteiger partial charge in [-0.05, 0) is 13.3 Å². The van der Waals surface area contributed by atoms with E-state index in [0.717, 1.165) is 0 Å². The molecule has 0 unspecified atom stereocenters. The van der Waals surface area contributed by atoms with Crippen LogP contribution in [0.15, 0.2) is 0 Å². The molecular weight excluding hydrogens is 148 g/mol. The van der Waals surface area contributed by atoms with Crippen molar-refractivity contribution in [2.45, 2.75) is 32.5 Å². The zero-order valence-electron chi connectivity index (χ0n) is 7.06. The van der Waals surface area contributed by atoms with Crippen LogP contribution in [-0.4, -0.2) is 45.8 Å². The quantitative estimate of drug-likeness (QED) is 0.438. The third-order valence-electron chi connectivity index (χ3n) is 0.946. The Hall–Kier alpha value is -0.160. The van der Waals surface area contributed by atoms with Crippen molar-refractivity contribution in [2.75, 3.05) is 13.2 Å². The van der Waals surface area contributed by atoms with E-state index in [-0.39, 0.29) is 13.2 Å². The Morgan fingerprint density at radius 3 is 1.45 bits per heavy atom. The normalized spacial score (nSPS) is 14.7. The van der Waals surface area contributed by atoms with E-state index >= 15 is 0 Å². The number of aliphatic hydroxyl groups excluding tert-OH is 4. The molecule has 2 atom stereocenters. The summed E-state index contributed by atoms with van der Waals surface area (Å²) in [5.41, 5.74) is 0. The highest BCUT2D eigenvalue weighted by Crippen LogP contribution is 1.83. The van der Waals surface area contributed by atoms with Gasteiger partial charge in [-0.2, -0.15) is 0 Å². The van der Waals surface area contributed by atoms with Crippen molar-refractivity contribution >= 4 is 0 Å². The van der Waals surface area contributed by atoms with E-state index in [1.807, 2.05) is 6.92 Å². The van der Waals surface area contributed by atoms with Crippen molar-refractivity contribution in [3.05, 3.63) is 0 Å². The van der Waals surface area contributed by atoms with Gasteiger partial charge in [-0.15, -0.1) is 0 Å². The van der Waals surface area contributed by atoms with Gasteiger partial charge in [0.25, 0.3) is 0 Å². The number of aliphatic hydroxyl groups is 4. The summed E-state index contributed by atoms with van der Waals surface area (Å²) in [7, 11) is 0. The van der Waals surface area contributed by atoms with Crippen LogP contribution in [0, 0.1) is 0 Å². The molecule has 0 saturated heterocycles. The van der Waals surface area contributed by atoms with Gasteiger partial charge < -0.3 is 20.4 Å². The molecule has 0 fully saturated rings. The highest BCUT2D eigenvalue weighted by atomic mass is 16.3. The molecule has 0 aliphatic heterocycles. The minimum Gasteiger partial charge on any atom is -0.394 e. The molecule has 0 aliphatic rings. The number of hydrogen-bond acceptors (Lipinski definition) is 4. The first-order valence-corrected chi connectivity index (χ1v) is 3.66. The van der Waals surface area contributed by atoms with Crippen LogP contribution in [-0.2, 0) is 0 Å². The monoisotopic (exact) mass is 166 g/mol. The van der Waals surface area contributed by atoms with Crippen LogP contribution in [0.3, 0.4) is 0 Å². The maximum atomic E-state index is 8.42. The summed E-state index contributed by atoms with van der Waals surface area (Å²) in [6.07, 6.45) is -0.434. The van der Waals surface area contributed by atoms with Gasteiger partial charge in [0.05, 0.1) is 25.4 Å². The van der Waals surface area contributed by atoms with Crippen molar-refractivity contribution in [1.82, 2.24) is 0 Å². The molecule has 0 aliphatic carbocycles. The molecule has 0 bridgehead atoms. The molecule has 0 radical (unpaired) electrons. The van der Waals surface area contributed by atoms with Gasteiger partial charge in [-0.25, -0.2) is 0 Å². The zero-order valence-corrected chi connectivity index (χ0v) is 7.06. The molecule has 0 amide bonds. The minimum atomic E-state index is -0.560. The van der Waals surface area contributed by atoms with Crippen molar-refractivity contribution in [3.8, 4) is 0 Å². The summed E-state index contributed by atoms with van der Waals surface area (Å²) < 4.78 is 0. The lowest BCUT2D eigenvalue weighted by molar-refractivity contribution is 0.0923. The summed E-state index contributed by atoms with van der Waals surface area (Å²) in [6, 6.07) is 0. The molecule has 0 aromatic heterocycles. The molecule has 70 valence electrons. The molecule has 0 aromatic rings. The summed E-state index contributed by atoms with van der Waals surface area (Å²) in [5, 5.41) is 32.5. The first kappa shape index (κ1) is 13.4. The van der Waals surface area contributed by atoms with Crippen molar-refractivity contribution < 1.29 is 20.4 Å². The molecule has 4 N–H and O–H groups in total. The average Bonchev–Trinajstić information content (AvgIpc) is 2.04. The Labute approximate surface area is 67.1 Å². The molecule has 0 rings (SSSR count). The van der Waals surface area contributed by atoms with Gasteiger partial charge in [0, 0.05) is 0 Å². The van der Waals surface area contributed by atoms with Gasteiger partial charge in [0.2, 0.25) is 0 Å². The maximum absolute atomic E-state index is 8.42. The van der Waals surface area contributed by atoms with E-state index in [0.29, 0.717) is 6.42 Å². The Kier molecular flexibility index (Phi) is 12.0. The third-order valence-corrected chi connectivity index (χ3v) is 0.946. The van der Waals surface area contributed by atoms with E-state index in [1.54, 1.807) is 0 Å². The van der Waals surface area contributed by atoms with E-state index in [2.05, 4.69) is 0 Å². The van der Waals surface area contributed by atoms with Gasteiger partial charge in [-0.1, -0.05) is 6.92 Å². The van der Waals surface area contributed by atoms with Crippen LogP contribution in [0.25, 0.3) is 0 Å². The van der Waals surface area contributed by atoms with Crippen molar-refractivity contribution in [1.29, 1.82) is 0 Å². The first-order valence-electron chi connectivity index (χ1n) is 3.66. The van der Waals surface area contributed by atoms with Gasteiger partial charge in [0.15, 0.2) is 0 Å². The van der Waals surface area contributed by atoms with Gasteiger partial charge in [0.1, 0.15) is 0 Å². The van der Waals surface area contributed by atoms with Crippen molar-refractivity contribution in [3.63, 3.8) is 0 Å². The van der Waals surface area contributed by atoms with Crippen molar-refractivity contribution in [2.24, 2.45) is 0 Å². The van der Waals surface area contributed by atoms with E-state index < -0.39 is 12.2 Å². The second-order valence-corrected chi connectivity index (χ2v) is 2.28. The predicted molar refractivity (Wildman–Crippen MR) is 42.2 cm³/mol. The standard InChI is InChI=1S/C4H10O2.C3H8O2/c1-2-4(6)3-5;1-3(5)2-4/h4-6H,2-3H2,1H3;3-5H,2H2,1H3/t4-;3-/m10/s1. The molecule has 4 heteroatoms. The minimum absolute atomic E-state index is 0.115. The number of rotatable bonds is 3.